The summed E-state index contributed by atoms with van der Waals surface area (Å²) in [5.41, 5.74) is 0.859. The number of aliphatic hydroxyl groups excluding tert-OH is 1. The fraction of sp³-hybridized carbons (Fsp3) is 0.583. The number of carboxylic acids is 1. The van der Waals surface area contributed by atoms with Crippen LogP contribution >= 0.6 is 11.3 Å². The van der Waals surface area contributed by atoms with Gasteiger partial charge in [0.25, 0.3) is 0 Å². The van der Waals surface area contributed by atoms with Crippen LogP contribution in [0.5, 0.6) is 0 Å². The maximum atomic E-state index is 10.8. The van der Waals surface area contributed by atoms with Gasteiger partial charge in [-0.15, -0.1) is 11.3 Å². The standard InChI is InChI=1S/C12H19NO3S/c14-7-4-2-1-3-6-13-9-10-5-8-17-11(10)12(15)16/h5,8,13-14H,1-4,6-7,9H2,(H,15,16). The molecule has 96 valence electrons. The van der Waals surface area contributed by atoms with Crippen LogP contribution in [0.25, 0.3) is 0 Å². The lowest BCUT2D eigenvalue weighted by atomic mass is 10.2. The van der Waals surface area contributed by atoms with Crippen LogP contribution < -0.4 is 5.32 Å². The quantitative estimate of drug-likeness (QED) is 0.592. The minimum Gasteiger partial charge on any atom is -0.477 e. The third-order valence-electron chi connectivity index (χ3n) is 2.52. The molecule has 0 aliphatic heterocycles. The van der Waals surface area contributed by atoms with Gasteiger partial charge in [-0.25, -0.2) is 4.79 Å². The number of unbranched alkanes of at least 4 members (excludes halogenated alkanes) is 3. The van der Waals surface area contributed by atoms with Crippen molar-refractivity contribution in [2.24, 2.45) is 0 Å². The van der Waals surface area contributed by atoms with E-state index in [2.05, 4.69) is 5.32 Å². The van der Waals surface area contributed by atoms with Crippen LogP contribution in [-0.4, -0.2) is 29.3 Å². The summed E-state index contributed by atoms with van der Waals surface area (Å²) in [7, 11) is 0. The first-order valence-electron chi connectivity index (χ1n) is 5.87. The third kappa shape index (κ3) is 5.30. The molecule has 0 spiro atoms. The van der Waals surface area contributed by atoms with E-state index >= 15 is 0 Å². The Hall–Kier alpha value is -0.910. The molecule has 0 aromatic carbocycles. The maximum absolute atomic E-state index is 10.8. The van der Waals surface area contributed by atoms with Gasteiger partial charge in [-0.3, -0.25) is 0 Å². The van der Waals surface area contributed by atoms with Crippen LogP contribution in [0.1, 0.15) is 40.9 Å². The van der Waals surface area contributed by atoms with Gasteiger partial charge in [0.1, 0.15) is 4.88 Å². The number of carbonyl (C=O) groups is 1. The van der Waals surface area contributed by atoms with E-state index in [4.69, 9.17) is 10.2 Å². The van der Waals surface area contributed by atoms with Crippen molar-refractivity contribution in [3.8, 4) is 0 Å². The normalized spacial score (nSPS) is 10.6. The molecule has 0 saturated heterocycles. The molecule has 4 nitrogen and oxygen atoms in total. The van der Waals surface area contributed by atoms with Gasteiger partial charge < -0.3 is 15.5 Å². The van der Waals surface area contributed by atoms with E-state index in [1.54, 1.807) is 0 Å². The van der Waals surface area contributed by atoms with Crippen molar-refractivity contribution in [3.05, 3.63) is 21.9 Å². The summed E-state index contributed by atoms with van der Waals surface area (Å²) >= 11 is 1.27. The van der Waals surface area contributed by atoms with Crippen LogP contribution in [0.2, 0.25) is 0 Å². The second kappa shape index (κ2) is 8.22. The van der Waals surface area contributed by atoms with Crippen molar-refractivity contribution >= 4 is 17.3 Å². The fourth-order valence-electron chi connectivity index (χ4n) is 1.60. The van der Waals surface area contributed by atoms with Gasteiger partial charge in [0.2, 0.25) is 0 Å². The zero-order valence-electron chi connectivity index (χ0n) is 9.82. The number of nitrogens with one attached hydrogen (secondary N) is 1. The number of hydrogen-bond donors (Lipinski definition) is 3. The molecule has 0 fully saturated rings. The Bertz CT molecular complexity index is 338. The second-order valence-corrected chi connectivity index (χ2v) is 4.81. The van der Waals surface area contributed by atoms with Crippen molar-refractivity contribution in [2.75, 3.05) is 13.2 Å². The zero-order chi connectivity index (χ0) is 12.5. The monoisotopic (exact) mass is 257 g/mol. The number of hydrogen-bond acceptors (Lipinski definition) is 4. The van der Waals surface area contributed by atoms with Gasteiger partial charge in [-0.2, -0.15) is 0 Å². The molecule has 1 aromatic rings. The topological polar surface area (TPSA) is 69.6 Å². The molecule has 1 rings (SSSR count). The maximum Gasteiger partial charge on any atom is 0.346 e. The average Bonchev–Trinajstić information content (AvgIpc) is 2.76. The highest BCUT2D eigenvalue weighted by Gasteiger charge is 2.10. The van der Waals surface area contributed by atoms with Crippen LogP contribution in [0.4, 0.5) is 0 Å². The first kappa shape index (κ1) is 14.2. The number of aromatic carboxylic acids is 1. The van der Waals surface area contributed by atoms with E-state index in [-0.39, 0.29) is 6.61 Å². The van der Waals surface area contributed by atoms with Crippen molar-refractivity contribution in [2.45, 2.75) is 32.2 Å². The van der Waals surface area contributed by atoms with Gasteiger partial charge in [-0.1, -0.05) is 12.8 Å². The first-order chi connectivity index (χ1) is 8.25. The third-order valence-corrected chi connectivity index (χ3v) is 3.46. The Morgan fingerprint density at radius 2 is 2.06 bits per heavy atom. The summed E-state index contributed by atoms with van der Waals surface area (Å²) in [6, 6.07) is 1.85. The summed E-state index contributed by atoms with van der Waals surface area (Å²) in [4.78, 5) is 11.3. The SMILES string of the molecule is O=C(O)c1sccc1CNCCCCCCO. The average molecular weight is 257 g/mol. The van der Waals surface area contributed by atoms with Crippen LogP contribution in [0, 0.1) is 0 Å². The lowest BCUT2D eigenvalue weighted by Crippen LogP contribution is -2.15. The smallest absolute Gasteiger partial charge is 0.346 e. The van der Waals surface area contributed by atoms with Gasteiger partial charge in [0.05, 0.1) is 0 Å². The molecule has 0 bridgehead atoms. The van der Waals surface area contributed by atoms with Gasteiger partial charge in [0, 0.05) is 13.2 Å². The summed E-state index contributed by atoms with van der Waals surface area (Å²) < 4.78 is 0. The molecule has 0 radical (unpaired) electrons. The fourth-order valence-corrected chi connectivity index (χ4v) is 2.36. The van der Waals surface area contributed by atoms with Crippen LogP contribution in [0.15, 0.2) is 11.4 Å². The van der Waals surface area contributed by atoms with Gasteiger partial charge >= 0.3 is 5.97 Å². The molecule has 1 heterocycles. The summed E-state index contributed by atoms with van der Waals surface area (Å²) in [5, 5.41) is 22.6. The highest BCUT2D eigenvalue weighted by molar-refractivity contribution is 7.12. The molecule has 17 heavy (non-hydrogen) atoms. The molecule has 0 atom stereocenters. The number of aliphatic hydroxyl groups is 1. The summed E-state index contributed by atoms with van der Waals surface area (Å²) in [6.07, 6.45) is 4.08. The molecule has 0 saturated carbocycles. The van der Waals surface area contributed by atoms with E-state index in [0.29, 0.717) is 11.4 Å². The Morgan fingerprint density at radius 3 is 2.76 bits per heavy atom. The Kier molecular flexibility index (Phi) is 6.84. The highest BCUT2D eigenvalue weighted by atomic mass is 32.1. The molecular formula is C12H19NO3S. The molecule has 1 aromatic heterocycles. The largest absolute Gasteiger partial charge is 0.477 e. The lowest BCUT2D eigenvalue weighted by Gasteiger charge is -2.04. The van der Waals surface area contributed by atoms with Crippen molar-refractivity contribution in [1.29, 1.82) is 0 Å². The number of thiophene rings is 1. The van der Waals surface area contributed by atoms with E-state index in [1.165, 1.54) is 11.3 Å². The summed E-state index contributed by atoms with van der Waals surface area (Å²) in [5.74, 6) is -0.847. The van der Waals surface area contributed by atoms with E-state index in [1.807, 2.05) is 11.4 Å². The van der Waals surface area contributed by atoms with E-state index < -0.39 is 5.97 Å². The van der Waals surface area contributed by atoms with Crippen molar-refractivity contribution in [1.82, 2.24) is 5.32 Å². The number of carboxylic acid groups (broad SMARTS) is 1. The van der Waals surface area contributed by atoms with Crippen molar-refractivity contribution in [3.63, 3.8) is 0 Å². The minimum atomic E-state index is -0.847. The molecule has 5 heteroatoms. The van der Waals surface area contributed by atoms with E-state index in [0.717, 1.165) is 37.8 Å². The molecule has 0 amide bonds. The molecule has 0 aliphatic carbocycles. The first-order valence-corrected chi connectivity index (χ1v) is 6.75. The van der Waals surface area contributed by atoms with Gasteiger partial charge in [-0.05, 0) is 36.4 Å². The van der Waals surface area contributed by atoms with E-state index in [9.17, 15) is 4.79 Å². The second-order valence-electron chi connectivity index (χ2n) is 3.89. The van der Waals surface area contributed by atoms with Crippen molar-refractivity contribution < 1.29 is 15.0 Å². The predicted molar refractivity (Wildman–Crippen MR) is 68.5 cm³/mol. The molecule has 3 N–H and O–H groups in total. The van der Waals surface area contributed by atoms with Crippen LogP contribution in [-0.2, 0) is 6.54 Å². The highest BCUT2D eigenvalue weighted by Crippen LogP contribution is 2.16. The van der Waals surface area contributed by atoms with Gasteiger partial charge in [0.15, 0.2) is 0 Å². The predicted octanol–water partition coefficient (Wildman–Crippen LogP) is 2.09. The lowest BCUT2D eigenvalue weighted by molar-refractivity contribution is 0.0701. The molecular weight excluding hydrogens is 238 g/mol. The zero-order valence-corrected chi connectivity index (χ0v) is 10.6. The molecule has 0 aliphatic rings. The minimum absolute atomic E-state index is 0.268. The Morgan fingerprint density at radius 1 is 1.29 bits per heavy atom. The number of rotatable bonds is 9. The molecule has 0 unspecified atom stereocenters. The summed E-state index contributed by atoms with van der Waals surface area (Å²) in [6.45, 7) is 1.77. The Labute approximate surface area is 105 Å². The van der Waals surface area contributed by atoms with Crippen LogP contribution in [0.3, 0.4) is 0 Å². The Balaban J connectivity index is 2.14.